The molecule has 0 aromatic heterocycles. The Bertz CT molecular complexity index is 259. The highest BCUT2D eigenvalue weighted by Crippen LogP contribution is 2.48. The first kappa shape index (κ1) is 11.0. The van der Waals surface area contributed by atoms with Crippen LogP contribution in [0.3, 0.4) is 0 Å². The highest BCUT2D eigenvalue weighted by Gasteiger charge is 2.43. The lowest BCUT2D eigenvalue weighted by Crippen LogP contribution is -2.46. The van der Waals surface area contributed by atoms with Gasteiger partial charge in [-0.25, -0.2) is 0 Å². The van der Waals surface area contributed by atoms with Crippen molar-refractivity contribution in [3.05, 3.63) is 0 Å². The van der Waals surface area contributed by atoms with Crippen molar-refractivity contribution in [1.82, 2.24) is 5.32 Å². The molecule has 0 aromatic rings. The normalized spacial score (nSPS) is 34.5. The van der Waals surface area contributed by atoms with Crippen LogP contribution >= 0.6 is 0 Å². The van der Waals surface area contributed by atoms with Crippen LogP contribution in [0.4, 0.5) is 0 Å². The van der Waals surface area contributed by atoms with Crippen LogP contribution in [0, 0.1) is 17.8 Å². The molecule has 0 aliphatic heterocycles. The Balaban J connectivity index is 1.92. The summed E-state index contributed by atoms with van der Waals surface area (Å²) in [5, 5.41) is 3.19. The van der Waals surface area contributed by atoms with Gasteiger partial charge < -0.3 is 5.32 Å². The average molecular weight is 209 g/mol. The molecular formula is C13H23NO. The number of hydrogen-bond acceptors (Lipinski definition) is 1. The lowest BCUT2D eigenvalue weighted by molar-refractivity contribution is -0.128. The van der Waals surface area contributed by atoms with E-state index >= 15 is 0 Å². The van der Waals surface area contributed by atoms with Crippen LogP contribution < -0.4 is 5.32 Å². The van der Waals surface area contributed by atoms with Gasteiger partial charge in [0, 0.05) is 11.5 Å². The molecule has 2 aliphatic rings. The molecule has 15 heavy (non-hydrogen) atoms. The molecule has 2 nitrogen and oxygen atoms in total. The smallest absolute Gasteiger partial charge is 0.223 e. The molecule has 0 heterocycles. The Labute approximate surface area is 92.8 Å². The van der Waals surface area contributed by atoms with Gasteiger partial charge in [0.15, 0.2) is 0 Å². The standard InChI is InChI=1S/C13H23NO/c1-4-13(2,3)14-12(15)11-8-9-5-6-10(11)7-9/h9-11H,4-8H2,1-3H3,(H,14,15). The van der Waals surface area contributed by atoms with Gasteiger partial charge in [-0.2, -0.15) is 0 Å². The molecule has 1 amide bonds. The first-order chi connectivity index (χ1) is 7.02. The second-order valence-electron chi connectivity index (χ2n) is 6.01. The fraction of sp³-hybridized carbons (Fsp3) is 0.923. The SMILES string of the molecule is CCC(C)(C)NC(=O)C1CC2CCC1C2. The Kier molecular flexibility index (Phi) is 2.78. The molecule has 0 spiro atoms. The Morgan fingerprint density at radius 1 is 1.33 bits per heavy atom. The number of carbonyl (C=O) groups excluding carboxylic acids is 1. The minimum Gasteiger partial charge on any atom is -0.351 e. The maximum Gasteiger partial charge on any atom is 0.223 e. The number of rotatable bonds is 3. The van der Waals surface area contributed by atoms with Crippen LogP contribution in [0.5, 0.6) is 0 Å². The second-order valence-corrected chi connectivity index (χ2v) is 6.01. The summed E-state index contributed by atoms with van der Waals surface area (Å²) in [6.07, 6.45) is 6.11. The lowest BCUT2D eigenvalue weighted by Gasteiger charge is -2.29. The Hall–Kier alpha value is -0.530. The summed E-state index contributed by atoms with van der Waals surface area (Å²) < 4.78 is 0. The molecule has 86 valence electrons. The number of carbonyl (C=O) groups is 1. The third kappa shape index (κ3) is 2.19. The van der Waals surface area contributed by atoms with Gasteiger partial charge >= 0.3 is 0 Å². The number of nitrogens with one attached hydrogen (secondary N) is 1. The summed E-state index contributed by atoms with van der Waals surface area (Å²) in [6.45, 7) is 6.34. The van der Waals surface area contributed by atoms with E-state index < -0.39 is 0 Å². The van der Waals surface area contributed by atoms with E-state index in [0.29, 0.717) is 17.7 Å². The summed E-state index contributed by atoms with van der Waals surface area (Å²) in [6, 6.07) is 0. The predicted octanol–water partition coefficient (Wildman–Crippen LogP) is 2.73. The third-order valence-corrected chi connectivity index (χ3v) is 4.42. The third-order valence-electron chi connectivity index (χ3n) is 4.42. The molecule has 3 atom stereocenters. The monoisotopic (exact) mass is 209 g/mol. The lowest BCUT2D eigenvalue weighted by atomic mass is 9.87. The molecule has 2 saturated carbocycles. The van der Waals surface area contributed by atoms with E-state index in [1.165, 1.54) is 19.3 Å². The first-order valence-electron chi connectivity index (χ1n) is 6.34. The van der Waals surface area contributed by atoms with Crippen LogP contribution in [0.2, 0.25) is 0 Å². The Morgan fingerprint density at radius 3 is 2.53 bits per heavy atom. The fourth-order valence-corrected chi connectivity index (χ4v) is 3.08. The molecule has 3 unspecified atom stereocenters. The van der Waals surface area contributed by atoms with E-state index in [1.807, 2.05) is 0 Å². The molecule has 0 radical (unpaired) electrons. The molecule has 0 aromatic carbocycles. The van der Waals surface area contributed by atoms with Crippen molar-refractivity contribution in [1.29, 1.82) is 0 Å². The van der Waals surface area contributed by atoms with Gasteiger partial charge in [-0.1, -0.05) is 13.3 Å². The van der Waals surface area contributed by atoms with Crippen molar-refractivity contribution in [3.63, 3.8) is 0 Å². The van der Waals surface area contributed by atoms with Crippen molar-refractivity contribution < 1.29 is 4.79 Å². The average Bonchev–Trinajstić information content (AvgIpc) is 2.78. The van der Waals surface area contributed by atoms with E-state index in [2.05, 4.69) is 26.1 Å². The number of hydrogen-bond donors (Lipinski definition) is 1. The number of fused-ring (bicyclic) bond motifs is 2. The van der Waals surface area contributed by atoms with E-state index in [-0.39, 0.29) is 5.54 Å². The molecule has 2 heteroatoms. The molecule has 0 saturated heterocycles. The quantitative estimate of drug-likeness (QED) is 0.761. The van der Waals surface area contributed by atoms with Gasteiger partial charge in [0.1, 0.15) is 0 Å². The van der Waals surface area contributed by atoms with Crippen LogP contribution in [0.15, 0.2) is 0 Å². The minimum atomic E-state index is -0.0289. The summed E-state index contributed by atoms with van der Waals surface area (Å²) in [4.78, 5) is 12.1. The topological polar surface area (TPSA) is 29.1 Å². The highest BCUT2D eigenvalue weighted by atomic mass is 16.2. The van der Waals surface area contributed by atoms with Gasteiger partial charge in [0.2, 0.25) is 5.91 Å². The molecule has 2 rings (SSSR count). The van der Waals surface area contributed by atoms with Crippen molar-refractivity contribution >= 4 is 5.91 Å². The zero-order chi connectivity index (χ0) is 11.1. The zero-order valence-electron chi connectivity index (χ0n) is 10.2. The molecule has 1 N–H and O–H groups in total. The van der Waals surface area contributed by atoms with Crippen LogP contribution in [-0.4, -0.2) is 11.4 Å². The van der Waals surface area contributed by atoms with Gasteiger partial charge in [0.05, 0.1) is 0 Å². The highest BCUT2D eigenvalue weighted by molar-refractivity contribution is 5.80. The van der Waals surface area contributed by atoms with Gasteiger partial charge in [-0.15, -0.1) is 0 Å². The molecule has 2 bridgehead atoms. The van der Waals surface area contributed by atoms with Crippen LogP contribution in [-0.2, 0) is 4.79 Å². The van der Waals surface area contributed by atoms with Crippen molar-refractivity contribution in [2.75, 3.05) is 0 Å². The van der Waals surface area contributed by atoms with Crippen LogP contribution in [0.25, 0.3) is 0 Å². The second kappa shape index (κ2) is 3.80. The fourth-order valence-electron chi connectivity index (χ4n) is 3.08. The van der Waals surface area contributed by atoms with Crippen LogP contribution in [0.1, 0.15) is 52.9 Å². The van der Waals surface area contributed by atoms with E-state index in [9.17, 15) is 4.79 Å². The Morgan fingerprint density at radius 2 is 2.07 bits per heavy atom. The summed E-state index contributed by atoms with van der Waals surface area (Å²) in [5.41, 5.74) is -0.0289. The van der Waals surface area contributed by atoms with Gasteiger partial charge in [0.25, 0.3) is 0 Å². The predicted molar refractivity (Wildman–Crippen MR) is 61.5 cm³/mol. The van der Waals surface area contributed by atoms with Crippen molar-refractivity contribution in [2.45, 2.75) is 58.4 Å². The van der Waals surface area contributed by atoms with Crippen molar-refractivity contribution in [3.8, 4) is 0 Å². The summed E-state index contributed by atoms with van der Waals surface area (Å²) in [7, 11) is 0. The maximum atomic E-state index is 12.1. The van der Waals surface area contributed by atoms with E-state index in [4.69, 9.17) is 0 Å². The number of amides is 1. The maximum absolute atomic E-state index is 12.1. The first-order valence-corrected chi connectivity index (χ1v) is 6.34. The molecular weight excluding hydrogens is 186 g/mol. The van der Waals surface area contributed by atoms with E-state index in [1.54, 1.807) is 0 Å². The van der Waals surface area contributed by atoms with Gasteiger partial charge in [-0.3, -0.25) is 4.79 Å². The zero-order valence-corrected chi connectivity index (χ0v) is 10.2. The minimum absolute atomic E-state index is 0.0289. The largest absolute Gasteiger partial charge is 0.351 e. The van der Waals surface area contributed by atoms with Crippen molar-refractivity contribution in [2.24, 2.45) is 17.8 Å². The van der Waals surface area contributed by atoms with E-state index in [0.717, 1.165) is 18.8 Å². The summed E-state index contributed by atoms with van der Waals surface area (Å²) >= 11 is 0. The summed E-state index contributed by atoms with van der Waals surface area (Å²) in [5.74, 6) is 2.20. The molecule has 2 aliphatic carbocycles. The van der Waals surface area contributed by atoms with Gasteiger partial charge in [-0.05, 0) is 51.4 Å². The molecule has 2 fully saturated rings.